The second-order valence-electron chi connectivity index (χ2n) is 4.49. The van der Waals surface area contributed by atoms with Crippen molar-refractivity contribution >= 4 is 43.5 Å². The summed E-state index contributed by atoms with van der Waals surface area (Å²) in [6.07, 6.45) is 2.23. The Bertz CT molecular complexity index is 474. The van der Waals surface area contributed by atoms with Gasteiger partial charge in [-0.3, -0.25) is 0 Å². The molecule has 1 saturated heterocycles. The van der Waals surface area contributed by atoms with Crippen molar-refractivity contribution < 1.29 is 9.53 Å². The van der Waals surface area contributed by atoms with Crippen LogP contribution in [0.1, 0.15) is 23.2 Å². The lowest BCUT2D eigenvalue weighted by Gasteiger charge is -2.26. The third-order valence-electron chi connectivity index (χ3n) is 3.11. The molecule has 0 radical (unpaired) electrons. The molecule has 0 spiro atoms. The lowest BCUT2D eigenvalue weighted by atomic mass is 10.1. The number of hydrogen-bond acceptors (Lipinski definition) is 4. The molecule has 1 heterocycles. The van der Waals surface area contributed by atoms with Gasteiger partial charge in [0.1, 0.15) is 0 Å². The molecule has 0 amide bonds. The van der Waals surface area contributed by atoms with E-state index >= 15 is 0 Å². The standard InChI is InChI=1S/C13H16Br2N2O2/c1-19-13(18)10-5-8(14)6-11(15)12(10)17-9-3-2-4-16-7-9/h5-6,9,16-17H,2-4,7H2,1H3. The molecule has 1 aromatic carbocycles. The number of carbonyl (C=O) groups excluding carboxylic acids is 1. The third-order valence-corrected chi connectivity index (χ3v) is 4.19. The Hall–Kier alpha value is -0.590. The molecule has 1 fully saturated rings. The second-order valence-corrected chi connectivity index (χ2v) is 6.26. The summed E-state index contributed by atoms with van der Waals surface area (Å²) in [4.78, 5) is 11.9. The molecule has 104 valence electrons. The molecule has 0 aromatic heterocycles. The van der Waals surface area contributed by atoms with Gasteiger partial charge in [-0.2, -0.15) is 0 Å². The van der Waals surface area contributed by atoms with Gasteiger partial charge in [0.15, 0.2) is 0 Å². The summed E-state index contributed by atoms with van der Waals surface area (Å²) in [6, 6.07) is 4.02. The molecule has 1 aliphatic heterocycles. The predicted molar refractivity (Wildman–Crippen MR) is 82.7 cm³/mol. The molecule has 1 atom stereocenters. The van der Waals surface area contributed by atoms with Crippen molar-refractivity contribution in [3.05, 3.63) is 26.6 Å². The number of piperidine rings is 1. The molecule has 4 nitrogen and oxygen atoms in total. The van der Waals surface area contributed by atoms with Crippen LogP contribution in [0.2, 0.25) is 0 Å². The van der Waals surface area contributed by atoms with Crippen LogP contribution in [0.4, 0.5) is 5.69 Å². The molecule has 2 N–H and O–H groups in total. The van der Waals surface area contributed by atoms with Crippen molar-refractivity contribution in [1.82, 2.24) is 5.32 Å². The molecular weight excluding hydrogens is 376 g/mol. The normalized spacial score (nSPS) is 19.0. The lowest BCUT2D eigenvalue weighted by molar-refractivity contribution is 0.0601. The largest absolute Gasteiger partial charge is 0.465 e. The van der Waals surface area contributed by atoms with Crippen molar-refractivity contribution in [2.75, 3.05) is 25.5 Å². The number of hydrogen-bond donors (Lipinski definition) is 2. The number of methoxy groups -OCH3 is 1. The van der Waals surface area contributed by atoms with E-state index in [-0.39, 0.29) is 5.97 Å². The van der Waals surface area contributed by atoms with Crippen LogP contribution in [0.3, 0.4) is 0 Å². The van der Waals surface area contributed by atoms with Gasteiger partial charge in [0, 0.05) is 21.5 Å². The maximum Gasteiger partial charge on any atom is 0.340 e. The van der Waals surface area contributed by atoms with E-state index in [1.54, 1.807) is 6.07 Å². The minimum absolute atomic E-state index is 0.328. The first-order chi connectivity index (χ1) is 9.11. The van der Waals surface area contributed by atoms with Gasteiger partial charge in [0.2, 0.25) is 0 Å². The monoisotopic (exact) mass is 390 g/mol. The molecule has 1 unspecified atom stereocenters. The van der Waals surface area contributed by atoms with Crippen molar-refractivity contribution in [2.24, 2.45) is 0 Å². The summed E-state index contributed by atoms with van der Waals surface area (Å²) in [5, 5.41) is 6.77. The SMILES string of the molecule is COC(=O)c1cc(Br)cc(Br)c1NC1CCCNC1. The third kappa shape index (κ3) is 3.70. The van der Waals surface area contributed by atoms with E-state index < -0.39 is 0 Å². The highest BCUT2D eigenvalue weighted by Crippen LogP contribution is 2.32. The van der Waals surface area contributed by atoms with Gasteiger partial charge in [-0.05, 0) is 47.4 Å². The van der Waals surface area contributed by atoms with Gasteiger partial charge >= 0.3 is 5.97 Å². The summed E-state index contributed by atoms with van der Waals surface area (Å²) in [7, 11) is 1.39. The number of anilines is 1. The Morgan fingerprint density at radius 3 is 2.89 bits per heavy atom. The zero-order chi connectivity index (χ0) is 13.8. The highest BCUT2D eigenvalue weighted by molar-refractivity contribution is 9.11. The predicted octanol–water partition coefficient (Wildman–Crippen LogP) is 3.16. The molecule has 0 bridgehead atoms. The summed E-state index contributed by atoms with van der Waals surface area (Å²) in [5.41, 5.74) is 1.33. The van der Waals surface area contributed by atoms with E-state index in [0.717, 1.165) is 40.6 Å². The van der Waals surface area contributed by atoms with Gasteiger partial charge in [0.25, 0.3) is 0 Å². The number of benzene rings is 1. The molecule has 19 heavy (non-hydrogen) atoms. The van der Waals surface area contributed by atoms with Crippen molar-refractivity contribution in [1.29, 1.82) is 0 Å². The molecular formula is C13H16Br2N2O2. The maximum absolute atomic E-state index is 11.9. The van der Waals surface area contributed by atoms with Crippen molar-refractivity contribution in [3.63, 3.8) is 0 Å². The summed E-state index contributed by atoms with van der Waals surface area (Å²) < 4.78 is 6.53. The number of rotatable bonds is 3. The average Bonchev–Trinajstić information content (AvgIpc) is 2.42. The second kappa shape index (κ2) is 6.72. The fourth-order valence-corrected chi connectivity index (χ4v) is 3.51. The van der Waals surface area contributed by atoms with E-state index in [4.69, 9.17) is 4.74 Å². The van der Waals surface area contributed by atoms with E-state index in [1.807, 2.05) is 6.07 Å². The van der Waals surface area contributed by atoms with Crippen LogP contribution in [0, 0.1) is 0 Å². The van der Waals surface area contributed by atoms with Gasteiger partial charge in [-0.1, -0.05) is 15.9 Å². The van der Waals surface area contributed by atoms with Gasteiger partial charge in [0.05, 0.1) is 18.4 Å². The molecule has 1 aromatic rings. The van der Waals surface area contributed by atoms with Crippen LogP contribution < -0.4 is 10.6 Å². The lowest BCUT2D eigenvalue weighted by Crippen LogP contribution is -2.38. The Balaban J connectivity index is 2.28. The van der Waals surface area contributed by atoms with Crippen LogP contribution in [-0.2, 0) is 4.74 Å². The number of ether oxygens (including phenoxy) is 1. The minimum Gasteiger partial charge on any atom is -0.465 e. The van der Waals surface area contributed by atoms with Gasteiger partial charge < -0.3 is 15.4 Å². The fraction of sp³-hybridized carbons (Fsp3) is 0.462. The number of nitrogens with one attached hydrogen (secondary N) is 2. The Kier molecular flexibility index (Phi) is 5.24. The zero-order valence-electron chi connectivity index (χ0n) is 10.6. The van der Waals surface area contributed by atoms with E-state index in [9.17, 15) is 4.79 Å². The smallest absolute Gasteiger partial charge is 0.340 e. The first-order valence-electron chi connectivity index (χ1n) is 6.16. The summed E-state index contributed by atoms with van der Waals surface area (Å²) >= 11 is 6.89. The zero-order valence-corrected chi connectivity index (χ0v) is 13.8. The number of esters is 1. The van der Waals surface area contributed by atoms with E-state index in [0.29, 0.717) is 11.6 Å². The highest BCUT2D eigenvalue weighted by Gasteiger charge is 2.20. The molecule has 1 aliphatic rings. The Morgan fingerprint density at radius 2 is 2.26 bits per heavy atom. The van der Waals surface area contributed by atoms with E-state index in [1.165, 1.54) is 7.11 Å². The van der Waals surface area contributed by atoms with E-state index in [2.05, 4.69) is 42.5 Å². The maximum atomic E-state index is 11.9. The van der Waals surface area contributed by atoms with Crippen LogP contribution in [0.5, 0.6) is 0 Å². The first-order valence-corrected chi connectivity index (χ1v) is 7.75. The van der Waals surface area contributed by atoms with Crippen LogP contribution >= 0.6 is 31.9 Å². The van der Waals surface area contributed by atoms with Gasteiger partial charge in [-0.15, -0.1) is 0 Å². The van der Waals surface area contributed by atoms with Crippen LogP contribution in [0.15, 0.2) is 21.1 Å². The minimum atomic E-state index is -0.340. The fourth-order valence-electron chi connectivity index (χ4n) is 2.17. The molecule has 2 rings (SSSR count). The topological polar surface area (TPSA) is 50.4 Å². The quantitative estimate of drug-likeness (QED) is 0.777. The van der Waals surface area contributed by atoms with Crippen molar-refractivity contribution in [2.45, 2.75) is 18.9 Å². The van der Waals surface area contributed by atoms with Crippen LogP contribution in [0.25, 0.3) is 0 Å². The highest BCUT2D eigenvalue weighted by atomic mass is 79.9. The summed E-state index contributed by atoms with van der Waals surface area (Å²) in [5.74, 6) is -0.340. The molecule has 0 aliphatic carbocycles. The Labute approximate surface area is 129 Å². The Morgan fingerprint density at radius 1 is 1.47 bits per heavy atom. The molecule has 6 heteroatoms. The average molecular weight is 392 g/mol. The first kappa shape index (κ1) is 14.8. The number of halogens is 2. The number of carbonyl (C=O) groups is 1. The molecule has 0 saturated carbocycles. The van der Waals surface area contributed by atoms with Crippen molar-refractivity contribution in [3.8, 4) is 0 Å². The van der Waals surface area contributed by atoms with Gasteiger partial charge in [-0.25, -0.2) is 4.79 Å². The summed E-state index contributed by atoms with van der Waals surface area (Å²) in [6.45, 7) is 1.96. The van der Waals surface area contributed by atoms with Crippen LogP contribution in [-0.4, -0.2) is 32.2 Å².